The van der Waals surface area contributed by atoms with Gasteiger partial charge in [-0.15, -0.1) is 0 Å². The maximum atomic E-state index is 12.2. The van der Waals surface area contributed by atoms with Crippen LogP contribution in [0, 0.1) is 0 Å². The van der Waals surface area contributed by atoms with Gasteiger partial charge in [-0.3, -0.25) is 0 Å². The van der Waals surface area contributed by atoms with Gasteiger partial charge in [0.1, 0.15) is 0 Å². The highest BCUT2D eigenvalue weighted by atomic mass is 35.5. The van der Waals surface area contributed by atoms with Crippen LogP contribution in [0.4, 0.5) is 0 Å². The molecule has 0 amide bonds. The summed E-state index contributed by atoms with van der Waals surface area (Å²) < 4.78 is 28.8. The Morgan fingerprint density at radius 3 is 2.46 bits per heavy atom. The molecule has 0 aliphatic rings. The first-order valence-electron chi connectivity index (χ1n) is 7.10. The van der Waals surface area contributed by atoms with Gasteiger partial charge < -0.3 is 4.57 Å². The Labute approximate surface area is 144 Å². The predicted octanol–water partition coefficient (Wildman–Crippen LogP) is 1.97. The molecule has 0 saturated carbocycles. The molecule has 0 aliphatic carbocycles. The van der Waals surface area contributed by atoms with Crippen molar-refractivity contribution < 1.29 is 8.42 Å². The fraction of sp³-hybridized carbons (Fsp3) is 0.133. The van der Waals surface area contributed by atoms with Crippen LogP contribution in [0.15, 0.2) is 60.0 Å². The zero-order valence-corrected chi connectivity index (χ0v) is 14.1. The van der Waals surface area contributed by atoms with Crippen LogP contribution in [-0.4, -0.2) is 34.5 Å². The van der Waals surface area contributed by atoms with E-state index in [1.54, 1.807) is 35.4 Å². The topological polar surface area (TPSA) is 89.8 Å². The quantitative estimate of drug-likeness (QED) is 0.723. The van der Waals surface area contributed by atoms with E-state index in [9.17, 15) is 8.42 Å². The number of nitrogens with one attached hydrogen (secondary N) is 1. The molecule has 0 fully saturated rings. The van der Waals surface area contributed by atoms with E-state index in [2.05, 4.69) is 19.7 Å². The standard InChI is InChI=1S/C15H14ClN5O2S/c16-12-2-4-13(5-3-12)24(22,23)20-9-11-21-10-8-19-15(21)14-17-6-1-7-18-14/h1-8,10,20H,9,11H2. The first-order chi connectivity index (χ1) is 11.6. The second-order valence-corrected chi connectivity index (χ2v) is 7.07. The predicted molar refractivity (Wildman–Crippen MR) is 89.9 cm³/mol. The van der Waals surface area contributed by atoms with Crippen LogP contribution in [0.3, 0.4) is 0 Å². The summed E-state index contributed by atoms with van der Waals surface area (Å²) in [6.45, 7) is 0.613. The molecule has 24 heavy (non-hydrogen) atoms. The molecule has 7 nitrogen and oxygen atoms in total. The van der Waals surface area contributed by atoms with E-state index in [0.29, 0.717) is 23.2 Å². The normalized spacial score (nSPS) is 11.5. The van der Waals surface area contributed by atoms with Gasteiger partial charge in [-0.05, 0) is 30.3 Å². The van der Waals surface area contributed by atoms with E-state index in [-0.39, 0.29) is 11.4 Å². The lowest BCUT2D eigenvalue weighted by molar-refractivity contribution is 0.573. The number of hydrogen-bond acceptors (Lipinski definition) is 5. The van der Waals surface area contributed by atoms with E-state index >= 15 is 0 Å². The Morgan fingerprint density at radius 1 is 1.04 bits per heavy atom. The number of aromatic nitrogens is 4. The Balaban J connectivity index is 1.67. The zero-order valence-electron chi connectivity index (χ0n) is 12.5. The molecule has 1 aromatic carbocycles. The maximum absolute atomic E-state index is 12.2. The maximum Gasteiger partial charge on any atom is 0.240 e. The summed E-state index contributed by atoms with van der Waals surface area (Å²) in [7, 11) is -3.58. The lowest BCUT2D eigenvalue weighted by Gasteiger charge is -2.09. The zero-order chi connectivity index (χ0) is 17.0. The van der Waals surface area contributed by atoms with E-state index in [1.165, 1.54) is 24.3 Å². The van der Waals surface area contributed by atoms with E-state index in [0.717, 1.165) is 0 Å². The average Bonchev–Trinajstić information content (AvgIpc) is 3.04. The van der Waals surface area contributed by atoms with Crippen LogP contribution in [0.2, 0.25) is 5.02 Å². The highest BCUT2D eigenvalue weighted by molar-refractivity contribution is 7.89. The number of rotatable bonds is 6. The summed E-state index contributed by atoms with van der Waals surface area (Å²) in [4.78, 5) is 12.7. The lowest BCUT2D eigenvalue weighted by atomic mass is 10.4. The molecule has 0 unspecified atom stereocenters. The van der Waals surface area contributed by atoms with Crippen LogP contribution < -0.4 is 4.72 Å². The SMILES string of the molecule is O=S(=O)(NCCn1ccnc1-c1ncccn1)c1ccc(Cl)cc1. The summed E-state index contributed by atoms with van der Waals surface area (Å²) >= 11 is 5.77. The van der Waals surface area contributed by atoms with Crippen molar-refractivity contribution in [3.8, 4) is 11.6 Å². The van der Waals surface area contributed by atoms with Crippen molar-refractivity contribution in [3.05, 3.63) is 60.1 Å². The Kier molecular flexibility index (Phi) is 4.89. The average molecular weight is 364 g/mol. The van der Waals surface area contributed by atoms with Crippen molar-refractivity contribution in [3.63, 3.8) is 0 Å². The van der Waals surface area contributed by atoms with E-state index in [1.807, 2.05) is 0 Å². The number of hydrogen-bond donors (Lipinski definition) is 1. The van der Waals surface area contributed by atoms with Crippen LogP contribution in [0.1, 0.15) is 0 Å². The summed E-state index contributed by atoms with van der Waals surface area (Å²) in [6.07, 6.45) is 6.64. The minimum absolute atomic E-state index is 0.171. The van der Waals surface area contributed by atoms with Crippen molar-refractivity contribution >= 4 is 21.6 Å². The molecular weight excluding hydrogens is 350 g/mol. The summed E-state index contributed by atoms with van der Waals surface area (Å²) in [6, 6.07) is 7.72. The fourth-order valence-electron chi connectivity index (χ4n) is 2.11. The molecule has 0 atom stereocenters. The number of sulfonamides is 1. The molecule has 9 heteroatoms. The van der Waals surface area contributed by atoms with Crippen molar-refractivity contribution in [2.75, 3.05) is 6.54 Å². The molecule has 3 aromatic rings. The minimum Gasteiger partial charge on any atom is -0.327 e. The first kappa shape index (κ1) is 16.6. The summed E-state index contributed by atoms with van der Waals surface area (Å²) in [5, 5.41) is 0.486. The first-order valence-corrected chi connectivity index (χ1v) is 8.96. The fourth-order valence-corrected chi connectivity index (χ4v) is 3.25. The van der Waals surface area contributed by atoms with E-state index < -0.39 is 10.0 Å². The third kappa shape index (κ3) is 3.78. The van der Waals surface area contributed by atoms with Gasteiger partial charge in [0.05, 0.1) is 4.90 Å². The van der Waals surface area contributed by atoms with Crippen LogP contribution in [-0.2, 0) is 16.6 Å². The van der Waals surface area contributed by atoms with Crippen molar-refractivity contribution in [2.45, 2.75) is 11.4 Å². The second kappa shape index (κ2) is 7.08. The third-order valence-corrected chi connectivity index (χ3v) is 4.98. The molecule has 3 rings (SSSR count). The van der Waals surface area contributed by atoms with Crippen LogP contribution in [0.5, 0.6) is 0 Å². The Hall–Kier alpha value is -2.29. The molecular formula is C15H14ClN5O2S. The van der Waals surface area contributed by atoms with Crippen LogP contribution >= 0.6 is 11.6 Å². The lowest BCUT2D eigenvalue weighted by Crippen LogP contribution is -2.27. The summed E-state index contributed by atoms with van der Waals surface area (Å²) in [5.74, 6) is 1.07. The number of benzene rings is 1. The third-order valence-electron chi connectivity index (χ3n) is 3.25. The molecule has 0 saturated heterocycles. The number of halogens is 1. The molecule has 2 heterocycles. The van der Waals surface area contributed by atoms with Gasteiger partial charge in [-0.25, -0.2) is 28.1 Å². The smallest absolute Gasteiger partial charge is 0.240 e. The van der Waals surface area contributed by atoms with Crippen molar-refractivity contribution in [1.29, 1.82) is 0 Å². The van der Waals surface area contributed by atoms with Gasteiger partial charge in [0, 0.05) is 42.9 Å². The number of imidazole rings is 1. The van der Waals surface area contributed by atoms with Crippen LogP contribution in [0.25, 0.3) is 11.6 Å². The Morgan fingerprint density at radius 2 is 1.75 bits per heavy atom. The highest BCUT2D eigenvalue weighted by Gasteiger charge is 2.14. The summed E-state index contributed by atoms with van der Waals surface area (Å²) in [5.41, 5.74) is 0. The molecule has 0 aliphatic heterocycles. The molecule has 124 valence electrons. The second-order valence-electron chi connectivity index (χ2n) is 4.87. The largest absolute Gasteiger partial charge is 0.327 e. The van der Waals surface area contributed by atoms with E-state index in [4.69, 9.17) is 11.6 Å². The molecule has 2 aromatic heterocycles. The molecule has 1 N–H and O–H groups in total. The van der Waals surface area contributed by atoms with Crippen molar-refractivity contribution in [2.24, 2.45) is 0 Å². The molecule has 0 radical (unpaired) electrons. The van der Waals surface area contributed by atoms with Gasteiger partial charge in [-0.2, -0.15) is 0 Å². The minimum atomic E-state index is -3.58. The highest BCUT2D eigenvalue weighted by Crippen LogP contribution is 2.14. The van der Waals surface area contributed by atoms with Crippen molar-refractivity contribution in [1.82, 2.24) is 24.2 Å². The molecule has 0 bridgehead atoms. The van der Waals surface area contributed by atoms with Gasteiger partial charge in [0.15, 0.2) is 11.6 Å². The number of nitrogens with zero attached hydrogens (tertiary/aromatic N) is 4. The van der Waals surface area contributed by atoms with Gasteiger partial charge in [-0.1, -0.05) is 11.6 Å². The Bertz CT molecular complexity index is 911. The monoisotopic (exact) mass is 363 g/mol. The van der Waals surface area contributed by atoms with Gasteiger partial charge >= 0.3 is 0 Å². The van der Waals surface area contributed by atoms with Gasteiger partial charge in [0.2, 0.25) is 10.0 Å². The van der Waals surface area contributed by atoms with Gasteiger partial charge in [0.25, 0.3) is 0 Å². The molecule has 0 spiro atoms.